The number of pyridine rings is 2. The summed E-state index contributed by atoms with van der Waals surface area (Å²) in [5.41, 5.74) is 1.10. The van der Waals surface area contributed by atoms with E-state index in [2.05, 4.69) is 20.2 Å². The Morgan fingerprint density at radius 2 is 2.22 bits per heavy atom. The van der Waals surface area contributed by atoms with E-state index >= 15 is 0 Å². The molecule has 0 bridgehead atoms. The van der Waals surface area contributed by atoms with E-state index in [4.69, 9.17) is 0 Å². The van der Waals surface area contributed by atoms with E-state index in [1.807, 2.05) is 42.7 Å². The second kappa shape index (κ2) is 7.72. The summed E-state index contributed by atoms with van der Waals surface area (Å²) in [6.45, 7) is 1.83. The van der Waals surface area contributed by atoms with Crippen LogP contribution in [-0.2, 0) is 11.2 Å². The molecule has 1 aliphatic rings. The van der Waals surface area contributed by atoms with Crippen LogP contribution in [-0.4, -0.2) is 35.0 Å². The van der Waals surface area contributed by atoms with E-state index < -0.39 is 0 Å². The van der Waals surface area contributed by atoms with Gasteiger partial charge >= 0.3 is 0 Å². The molecule has 3 rings (SSSR count). The smallest absolute Gasteiger partial charge is 0.220 e. The Morgan fingerprint density at radius 1 is 1.26 bits per heavy atom. The van der Waals surface area contributed by atoms with Crippen molar-refractivity contribution in [2.24, 2.45) is 0 Å². The molecule has 2 aromatic rings. The minimum absolute atomic E-state index is 0.113. The van der Waals surface area contributed by atoms with E-state index in [1.54, 1.807) is 6.20 Å². The monoisotopic (exact) mass is 310 g/mol. The van der Waals surface area contributed by atoms with Gasteiger partial charge in [0.15, 0.2) is 0 Å². The first-order valence-electron chi connectivity index (χ1n) is 8.15. The molecule has 2 aromatic heterocycles. The SMILES string of the molecule is O=C(CCc1cccnc1)NC1CCCN(c2ccccn2)C1. The number of amides is 1. The van der Waals surface area contributed by atoms with Gasteiger partial charge in [-0.25, -0.2) is 4.98 Å². The number of aromatic nitrogens is 2. The van der Waals surface area contributed by atoms with Crippen LogP contribution < -0.4 is 10.2 Å². The van der Waals surface area contributed by atoms with E-state index in [0.717, 1.165) is 43.7 Å². The lowest BCUT2D eigenvalue weighted by molar-refractivity contribution is -0.121. The van der Waals surface area contributed by atoms with Crippen molar-refractivity contribution in [1.82, 2.24) is 15.3 Å². The number of piperidine rings is 1. The first-order valence-corrected chi connectivity index (χ1v) is 8.15. The normalized spacial score (nSPS) is 17.7. The second-order valence-electron chi connectivity index (χ2n) is 5.90. The molecule has 1 fully saturated rings. The molecule has 1 N–H and O–H groups in total. The summed E-state index contributed by atoms with van der Waals surface area (Å²) in [6.07, 6.45) is 8.72. The third-order valence-corrected chi connectivity index (χ3v) is 4.12. The maximum Gasteiger partial charge on any atom is 0.220 e. The van der Waals surface area contributed by atoms with Gasteiger partial charge in [-0.1, -0.05) is 12.1 Å². The van der Waals surface area contributed by atoms with Gasteiger partial charge in [-0.3, -0.25) is 9.78 Å². The Hall–Kier alpha value is -2.43. The Kier molecular flexibility index (Phi) is 5.19. The number of hydrogen-bond donors (Lipinski definition) is 1. The van der Waals surface area contributed by atoms with Gasteiger partial charge in [-0.2, -0.15) is 0 Å². The summed E-state index contributed by atoms with van der Waals surface area (Å²) in [4.78, 5) is 22.9. The van der Waals surface area contributed by atoms with Gasteiger partial charge in [-0.15, -0.1) is 0 Å². The predicted molar refractivity (Wildman–Crippen MR) is 90.2 cm³/mol. The summed E-state index contributed by atoms with van der Waals surface area (Å²) in [5, 5.41) is 3.16. The van der Waals surface area contributed by atoms with Gasteiger partial charge in [-0.05, 0) is 43.0 Å². The third-order valence-electron chi connectivity index (χ3n) is 4.12. The molecular weight excluding hydrogens is 288 g/mol. The number of aryl methyl sites for hydroxylation is 1. The molecule has 1 unspecified atom stereocenters. The maximum atomic E-state index is 12.2. The lowest BCUT2D eigenvalue weighted by Gasteiger charge is -2.34. The Morgan fingerprint density at radius 3 is 3.00 bits per heavy atom. The van der Waals surface area contributed by atoms with Gasteiger partial charge in [0.1, 0.15) is 5.82 Å². The number of carbonyl (C=O) groups is 1. The second-order valence-corrected chi connectivity index (χ2v) is 5.90. The van der Waals surface area contributed by atoms with Crippen LogP contribution >= 0.6 is 0 Å². The molecule has 23 heavy (non-hydrogen) atoms. The fourth-order valence-corrected chi connectivity index (χ4v) is 2.95. The molecule has 1 saturated heterocycles. The average molecular weight is 310 g/mol. The summed E-state index contributed by atoms with van der Waals surface area (Å²) >= 11 is 0. The molecule has 1 aliphatic heterocycles. The molecule has 1 atom stereocenters. The van der Waals surface area contributed by atoms with Crippen molar-refractivity contribution in [3.63, 3.8) is 0 Å². The third kappa shape index (κ3) is 4.52. The van der Waals surface area contributed by atoms with Crippen LogP contribution in [0.1, 0.15) is 24.8 Å². The maximum absolute atomic E-state index is 12.2. The predicted octanol–water partition coefficient (Wildman–Crippen LogP) is 2.19. The molecule has 120 valence electrons. The molecule has 1 amide bonds. The van der Waals surface area contributed by atoms with Gasteiger partial charge in [0.2, 0.25) is 5.91 Å². The minimum atomic E-state index is 0.113. The summed E-state index contributed by atoms with van der Waals surface area (Å²) in [6, 6.07) is 10.0. The Balaban J connectivity index is 1.48. The highest BCUT2D eigenvalue weighted by molar-refractivity contribution is 5.76. The van der Waals surface area contributed by atoms with Crippen LogP contribution in [0.5, 0.6) is 0 Å². The van der Waals surface area contributed by atoms with E-state index in [-0.39, 0.29) is 11.9 Å². The van der Waals surface area contributed by atoms with Crippen molar-refractivity contribution in [1.29, 1.82) is 0 Å². The van der Waals surface area contributed by atoms with Crippen LogP contribution in [0.4, 0.5) is 5.82 Å². The molecule has 5 nitrogen and oxygen atoms in total. The molecular formula is C18H22N4O. The standard InChI is InChI=1S/C18H22N4O/c23-18(9-8-15-5-3-10-19-13-15)21-16-6-4-12-22(14-16)17-7-1-2-11-20-17/h1-3,5,7,10-11,13,16H,4,6,8-9,12,14H2,(H,21,23). The molecule has 0 radical (unpaired) electrons. The van der Waals surface area contributed by atoms with Gasteiger partial charge in [0, 0.05) is 44.1 Å². The largest absolute Gasteiger partial charge is 0.355 e. The number of hydrogen-bond acceptors (Lipinski definition) is 4. The Labute approximate surface area is 136 Å². The zero-order valence-corrected chi connectivity index (χ0v) is 13.2. The summed E-state index contributed by atoms with van der Waals surface area (Å²) < 4.78 is 0. The van der Waals surface area contributed by atoms with Crippen LogP contribution in [0.2, 0.25) is 0 Å². The van der Waals surface area contributed by atoms with Crippen LogP contribution in [0, 0.1) is 0 Å². The van der Waals surface area contributed by atoms with Gasteiger partial charge in [0.25, 0.3) is 0 Å². The van der Waals surface area contributed by atoms with Crippen LogP contribution in [0.25, 0.3) is 0 Å². The van der Waals surface area contributed by atoms with Crippen molar-refractivity contribution in [3.05, 3.63) is 54.5 Å². The molecule has 5 heteroatoms. The number of nitrogens with zero attached hydrogens (tertiary/aromatic N) is 3. The molecule has 0 saturated carbocycles. The summed E-state index contributed by atoms with van der Waals surface area (Å²) in [5.74, 6) is 1.10. The van der Waals surface area contributed by atoms with Crippen molar-refractivity contribution >= 4 is 11.7 Å². The van der Waals surface area contributed by atoms with Crippen molar-refractivity contribution in [3.8, 4) is 0 Å². The molecule has 3 heterocycles. The fraction of sp³-hybridized carbons (Fsp3) is 0.389. The fourth-order valence-electron chi connectivity index (χ4n) is 2.95. The molecule has 0 aliphatic carbocycles. The topological polar surface area (TPSA) is 58.1 Å². The average Bonchev–Trinajstić information content (AvgIpc) is 2.62. The lowest BCUT2D eigenvalue weighted by Crippen LogP contribution is -2.48. The first-order chi connectivity index (χ1) is 11.3. The number of carbonyl (C=O) groups excluding carboxylic acids is 1. The highest BCUT2D eigenvalue weighted by atomic mass is 16.1. The Bertz CT molecular complexity index is 617. The lowest BCUT2D eigenvalue weighted by atomic mass is 10.0. The van der Waals surface area contributed by atoms with Gasteiger partial charge in [0.05, 0.1) is 0 Å². The van der Waals surface area contributed by atoms with Crippen molar-refractivity contribution in [2.45, 2.75) is 31.7 Å². The van der Waals surface area contributed by atoms with E-state index in [0.29, 0.717) is 6.42 Å². The molecule has 0 aromatic carbocycles. The minimum Gasteiger partial charge on any atom is -0.355 e. The van der Waals surface area contributed by atoms with Crippen LogP contribution in [0.3, 0.4) is 0 Å². The summed E-state index contributed by atoms with van der Waals surface area (Å²) in [7, 11) is 0. The zero-order valence-electron chi connectivity index (χ0n) is 13.2. The quantitative estimate of drug-likeness (QED) is 0.920. The van der Waals surface area contributed by atoms with Gasteiger partial charge < -0.3 is 10.2 Å². The number of anilines is 1. The van der Waals surface area contributed by atoms with E-state index in [9.17, 15) is 4.79 Å². The van der Waals surface area contributed by atoms with Crippen molar-refractivity contribution < 1.29 is 4.79 Å². The number of rotatable bonds is 5. The number of nitrogens with one attached hydrogen (secondary N) is 1. The highest BCUT2D eigenvalue weighted by Crippen LogP contribution is 2.17. The van der Waals surface area contributed by atoms with E-state index in [1.165, 1.54) is 0 Å². The van der Waals surface area contributed by atoms with Crippen molar-refractivity contribution in [2.75, 3.05) is 18.0 Å². The first kappa shape index (κ1) is 15.5. The zero-order chi connectivity index (χ0) is 15.9. The molecule has 0 spiro atoms. The van der Waals surface area contributed by atoms with Crippen LogP contribution in [0.15, 0.2) is 48.9 Å². The highest BCUT2D eigenvalue weighted by Gasteiger charge is 2.21.